The fourth-order valence-electron chi connectivity index (χ4n) is 3.17. The van der Waals surface area contributed by atoms with Crippen molar-refractivity contribution in [2.75, 3.05) is 14.2 Å². The molecule has 7 nitrogen and oxygen atoms in total. The molecule has 0 aliphatic carbocycles. The van der Waals surface area contributed by atoms with Crippen LogP contribution < -0.4 is 4.74 Å². The maximum absolute atomic E-state index is 12.9. The number of benzene rings is 2. The molecule has 0 bridgehead atoms. The third kappa shape index (κ3) is 3.29. The van der Waals surface area contributed by atoms with E-state index < -0.39 is 0 Å². The first kappa shape index (κ1) is 17.7. The summed E-state index contributed by atoms with van der Waals surface area (Å²) in [6.07, 6.45) is 4.97. The predicted octanol–water partition coefficient (Wildman–Crippen LogP) is 3.10. The Labute approximate surface area is 162 Å². The topological polar surface area (TPSA) is 73.1 Å². The lowest BCUT2D eigenvalue weighted by Crippen LogP contribution is -2.26. The van der Waals surface area contributed by atoms with Crippen LogP contribution in [0.5, 0.6) is 5.75 Å². The predicted molar refractivity (Wildman–Crippen MR) is 105 cm³/mol. The summed E-state index contributed by atoms with van der Waals surface area (Å²) < 4.78 is 7.18. The second kappa shape index (κ2) is 7.48. The van der Waals surface area contributed by atoms with E-state index in [-0.39, 0.29) is 5.91 Å². The van der Waals surface area contributed by atoms with Crippen LogP contribution in [0.15, 0.2) is 67.4 Å². The van der Waals surface area contributed by atoms with Gasteiger partial charge >= 0.3 is 0 Å². The van der Waals surface area contributed by atoms with Crippen LogP contribution in [-0.4, -0.2) is 44.7 Å². The summed E-state index contributed by atoms with van der Waals surface area (Å²) in [4.78, 5) is 19.0. The van der Waals surface area contributed by atoms with E-state index in [1.807, 2.05) is 48.5 Å². The van der Waals surface area contributed by atoms with E-state index >= 15 is 0 Å². The van der Waals surface area contributed by atoms with Gasteiger partial charge in [0.2, 0.25) is 0 Å². The lowest BCUT2D eigenvalue weighted by molar-refractivity contribution is 0.0785. The van der Waals surface area contributed by atoms with Crippen LogP contribution >= 0.6 is 0 Å². The molecule has 1 amide bonds. The van der Waals surface area contributed by atoms with Gasteiger partial charge < -0.3 is 9.64 Å². The molecule has 4 rings (SSSR count). The molecule has 0 radical (unpaired) electrons. The van der Waals surface area contributed by atoms with E-state index in [0.29, 0.717) is 12.1 Å². The lowest BCUT2D eigenvalue weighted by atomic mass is 10.1. The van der Waals surface area contributed by atoms with Gasteiger partial charge in [0.15, 0.2) is 0 Å². The SMILES string of the molecule is COc1ccc(CN(C)C(=O)c2ccc(-n3cnnc3)cc2)c2cccnc12. The Morgan fingerprint density at radius 2 is 1.82 bits per heavy atom. The van der Waals surface area contributed by atoms with Gasteiger partial charge in [0, 0.05) is 36.4 Å². The van der Waals surface area contributed by atoms with Gasteiger partial charge in [-0.1, -0.05) is 12.1 Å². The molecule has 0 atom stereocenters. The zero-order chi connectivity index (χ0) is 19.5. The highest BCUT2D eigenvalue weighted by Gasteiger charge is 2.15. The Bertz CT molecular complexity index is 1110. The van der Waals surface area contributed by atoms with Gasteiger partial charge in [-0.3, -0.25) is 14.3 Å². The van der Waals surface area contributed by atoms with Gasteiger partial charge in [0.05, 0.1) is 7.11 Å². The number of rotatable bonds is 5. The minimum Gasteiger partial charge on any atom is -0.494 e. The second-order valence-corrected chi connectivity index (χ2v) is 6.40. The third-order valence-electron chi connectivity index (χ3n) is 4.63. The van der Waals surface area contributed by atoms with Crippen molar-refractivity contribution in [3.05, 3.63) is 78.5 Å². The molecule has 28 heavy (non-hydrogen) atoms. The Morgan fingerprint density at radius 3 is 2.54 bits per heavy atom. The summed E-state index contributed by atoms with van der Waals surface area (Å²) in [5.74, 6) is 0.668. The van der Waals surface area contributed by atoms with Crippen LogP contribution in [0.3, 0.4) is 0 Å². The number of ether oxygens (including phenoxy) is 1. The fraction of sp³-hybridized carbons (Fsp3) is 0.143. The quantitative estimate of drug-likeness (QED) is 0.537. The number of hydrogen-bond acceptors (Lipinski definition) is 5. The number of fused-ring (bicyclic) bond motifs is 1. The van der Waals surface area contributed by atoms with Gasteiger partial charge in [-0.25, -0.2) is 0 Å². The van der Waals surface area contributed by atoms with E-state index in [4.69, 9.17) is 4.74 Å². The van der Waals surface area contributed by atoms with Crippen LogP contribution in [0.2, 0.25) is 0 Å². The Morgan fingerprint density at radius 1 is 1.07 bits per heavy atom. The molecular weight excluding hydrogens is 354 g/mol. The summed E-state index contributed by atoms with van der Waals surface area (Å²) in [5.41, 5.74) is 3.33. The molecule has 0 unspecified atom stereocenters. The van der Waals surface area contributed by atoms with Crippen molar-refractivity contribution in [1.82, 2.24) is 24.6 Å². The zero-order valence-corrected chi connectivity index (χ0v) is 15.6. The zero-order valence-electron chi connectivity index (χ0n) is 15.6. The molecule has 0 spiro atoms. The fourth-order valence-corrected chi connectivity index (χ4v) is 3.17. The summed E-state index contributed by atoms with van der Waals surface area (Å²) in [6.45, 7) is 0.470. The average Bonchev–Trinajstić information content (AvgIpc) is 3.28. The summed E-state index contributed by atoms with van der Waals surface area (Å²) >= 11 is 0. The van der Waals surface area contributed by atoms with Gasteiger partial charge in [-0.2, -0.15) is 0 Å². The first-order chi connectivity index (χ1) is 13.7. The van der Waals surface area contributed by atoms with Gasteiger partial charge in [-0.15, -0.1) is 10.2 Å². The first-order valence-electron chi connectivity index (χ1n) is 8.78. The molecule has 2 heterocycles. The van der Waals surface area contributed by atoms with E-state index in [1.54, 1.807) is 42.5 Å². The summed E-state index contributed by atoms with van der Waals surface area (Å²) in [5, 5.41) is 8.56. The molecule has 0 aliphatic heterocycles. The number of hydrogen-bond donors (Lipinski definition) is 0. The number of aromatic nitrogens is 4. The Balaban J connectivity index is 1.56. The van der Waals surface area contributed by atoms with Crippen LogP contribution in [-0.2, 0) is 6.54 Å². The Kier molecular flexibility index (Phi) is 4.72. The standard InChI is InChI=1S/C21H19N5O2/c1-25(12-16-7-10-19(28-2)20-18(16)4-3-11-22-20)21(27)15-5-8-17(9-6-15)26-13-23-24-14-26/h3-11,13-14H,12H2,1-2H3. The molecule has 0 N–H and O–H groups in total. The normalized spacial score (nSPS) is 10.8. The molecule has 2 aromatic carbocycles. The lowest BCUT2D eigenvalue weighted by Gasteiger charge is -2.19. The van der Waals surface area contributed by atoms with E-state index in [1.165, 1.54) is 0 Å². The van der Waals surface area contributed by atoms with Crippen molar-refractivity contribution in [3.8, 4) is 11.4 Å². The van der Waals surface area contributed by atoms with Crippen molar-refractivity contribution in [3.63, 3.8) is 0 Å². The van der Waals surface area contributed by atoms with Crippen molar-refractivity contribution in [2.24, 2.45) is 0 Å². The average molecular weight is 373 g/mol. The maximum Gasteiger partial charge on any atom is 0.253 e. The molecular formula is C21H19N5O2. The number of carbonyl (C=O) groups excluding carboxylic acids is 1. The van der Waals surface area contributed by atoms with Gasteiger partial charge in [0.25, 0.3) is 5.91 Å². The molecule has 4 aromatic rings. The number of methoxy groups -OCH3 is 1. The van der Waals surface area contributed by atoms with E-state index in [9.17, 15) is 4.79 Å². The highest BCUT2D eigenvalue weighted by atomic mass is 16.5. The third-order valence-corrected chi connectivity index (χ3v) is 4.63. The van der Waals surface area contributed by atoms with E-state index in [2.05, 4.69) is 15.2 Å². The number of carbonyl (C=O) groups is 1. The van der Waals surface area contributed by atoms with Crippen LogP contribution in [0.25, 0.3) is 16.6 Å². The van der Waals surface area contributed by atoms with Crippen molar-refractivity contribution in [2.45, 2.75) is 6.54 Å². The number of pyridine rings is 1. The van der Waals surface area contributed by atoms with Crippen molar-refractivity contribution in [1.29, 1.82) is 0 Å². The first-order valence-corrected chi connectivity index (χ1v) is 8.78. The van der Waals surface area contributed by atoms with Crippen molar-refractivity contribution >= 4 is 16.8 Å². The molecule has 7 heteroatoms. The van der Waals surface area contributed by atoms with E-state index in [0.717, 1.165) is 27.9 Å². The van der Waals surface area contributed by atoms with Gasteiger partial charge in [-0.05, 0) is 42.0 Å². The minimum atomic E-state index is -0.0526. The molecule has 0 fully saturated rings. The monoisotopic (exact) mass is 373 g/mol. The van der Waals surface area contributed by atoms with Crippen molar-refractivity contribution < 1.29 is 9.53 Å². The Hall–Kier alpha value is -3.74. The van der Waals surface area contributed by atoms with Crippen LogP contribution in [0, 0.1) is 0 Å². The summed E-state index contributed by atoms with van der Waals surface area (Å²) in [6, 6.07) is 15.1. The molecule has 0 saturated carbocycles. The number of nitrogens with zero attached hydrogens (tertiary/aromatic N) is 5. The molecule has 0 aliphatic rings. The highest BCUT2D eigenvalue weighted by molar-refractivity contribution is 5.95. The highest BCUT2D eigenvalue weighted by Crippen LogP contribution is 2.27. The van der Waals surface area contributed by atoms with Crippen LogP contribution in [0.4, 0.5) is 0 Å². The molecule has 2 aromatic heterocycles. The number of amides is 1. The molecule has 0 saturated heterocycles. The largest absolute Gasteiger partial charge is 0.494 e. The second-order valence-electron chi connectivity index (χ2n) is 6.40. The summed E-state index contributed by atoms with van der Waals surface area (Å²) in [7, 11) is 3.42. The smallest absolute Gasteiger partial charge is 0.253 e. The van der Waals surface area contributed by atoms with Gasteiger partial charge in [0.1, 0.15) is 23.9 Å². The van der Waals surface area contributed by atoms with Crippen LogP contribution in [0.1, 0.15) is 15.9 Å². The molecule has 140 valence electrons. The minimum absolute atomic E-state index is 0.0526. The maximum atomic E-state index is 12.9.